The minimum Gasteiger partial charge on any atom is -1.00 e. The number of carboxylic acid groups (broad SMARTS) is 2. The van der Waals surface area contributed by atoms with Crippen LogP contribution in [0.3, 0.4) is 0 Å². The van der Waals surface area contributed by atoms with E-state index in [1.807, 2.05) is 0 Å². The van der Waals surface area contributed by atoms with E-state index in [1.54, 1.807) is 0 Å². The maximum Gasteiger partial charge on any atom is 1.00 e. The van der Waals surface area contributed by atoms with Crippen LogP contribution in [0.5, 0.6) is 0 Å². The molecule has 0 radical (unpaired) electrons. The fraction of sp³-hybridized carbons (Fsp3) is 0.909. The predicted octanol–water partition coefficient (Wildman–Crippen LogP) is -4.72. The first-order valence-electron chi connectivity index (χ1n) is 11.0. The first kappa shape index (κ1) is 43.0. The quantitative estimate of drug-likeness (QED) is 0.107. The summed E-state index contributed by atoms with van der Waals surface area (Å²) in [6.07, 6.45) is 21.9. The summed E-state index contributed by atoms with van der Waals surface area (Å²) in [6.45, 7) is 2.26. The van der Waals surface area contributed by atoms with Crippen molar-refractivity contribution < 1.29 is 144 Å². The van der Waals surface area contributed by atoms with Gasteiger partial charge in [0, 0.05) is 0 Å². The van der Waals surface area contributed by atoms with Gasteiger partial charge in [0.1, 0.15) is 0 Å². The SMILES string of the molecule is CCCCCCCCCCCCCCCCCCCC(C(=O)O)C(=O)O.[H-].[H-].[H-].[H-].[Na+].[Na+].[Na+].[Na+]. The van der Waals surface area contributed by atoms with Crippen molar-refractivity contribution in [3.8, 4) is 0 Å². The Labute approximate surface area is 280 Å². The largest absolute Gasteiger partial charge is 1.00 e. The smallest absolute Gasteiger partial charge is 1.00 e. The maximum absolute atomic E-state index is 10.8. The molecule has 2 N–H and O–H groups in total. The third-order valence-electron chi connectivity index (χ3n) is 5.19. The molecule has 0 aliphatic heterocycles. The molecule has 0 saturated heterocycles. The van der Waals surface area contributed by atoms with Crippen LogP contribution < -0.4 is 118 Å². The standard InChI is InChI=1S/C22H42O4.4Na.4H/c1-2-3-4-5-6-7-8-9-10-11-12-13-14-15-16-17-18-19-20(21(23)24)22(25)26;;;;;;;;/h20H,2-19H2,1H3,(H,23,24)(H,25,26);;;;;;;;/q;4*+1;4*-1. The fourth-order valence-electron chi connectivity index (χ4n) is 3.43. The van der Waals surface area contributed by atoms with Gasteiger partial charge in [-0.25, -0.2) is 0 Å². The van der Waals surface area contributed by atoms with Gasteiger partial charge in [0.15, 0.2) is 5.92 Å². The minimum atomic E-state index is -1.23. The van der Waals surface area contributed by atoms with Gasteiger partial charge in [-0.15, -0.1) is 0 Å². The van der Waals surface area contributed by atoms with E-state index in [4.69, 9.17) is 10.2 Å². The van der Waals surface area contributed by atoms with Crippen LogP contribution in [0.1, 0.15) is 128 Å². The van der Waals surface area contributed by atoms with Crippen LogP contribution in [0, 0.1) is 5.92 Å². The Balaban J connectivity index is -0.000000112. The van der Waals surface area contributed by atoms with Gasteiger partial charge >= 0.3 is 130 Å². The Morgan fingerprint density at radius 2 is 0.767 bits per heavy atom. The van der Waals surface area contributed by atoms with E-state index in [-0.39, 0.29) is 130 Å². The number of unbranched alkanes of at least 4 members (excludes halogenated alkanes) is 16. The Kier molecular flexibility index (Phi) is 48.9. The molecule has 8 heteroatoms. The summed E-state index contributed by atoms with van der Waals surface area (Å²) in [5.41, 5.74) is 0. The molecule has 0 aromatic heterocycles. The molecule has 30 heavy (non-hydrogen) atoms. The van der Waals surface area contributed by atoms with E-state index in [9.17, 15) is 9.59 Å². The van der Waals surface area contributed by atoms with Crippen LogP contribution in [0.15, 0.2) is 0 Å². The molecule has 0 aliphatic rings. The van der Waals surface area contributed by atoms with Gasteiger partial charge in [-0.05, 0) is 6.42 Å². The summed E-state index contributed by atoms with van der Waals surface area (Å²) in [5, 5.41) is 17.6. The van der Waals surface area contributed by atoms with E-state index >= 15 is 0 Å². The van der Waals surface area contributed by atoms with Crippen molar-refractivity contribution in [2.24, 2.45) is 5.92 Å². The van der Waals surface area contributed by atoms with E-state index in [2.05, 4.69) is 6.92 Å². The molecule has 0 rings (SSSR count). The van der Waals surface area contributed by atoms with Gasteiger partial charge in [-0.1, -0.05) is 116 Å². The average molecular weight is 467 g/mol. The molecule has 0 saturated carbocycles. The molecule has 0 aromatic carbocycles. The van der Waals surface area contributed by atoms with Gasteiger partial charge in [0.25, 0.3) is 0 Å². The first-order valence-corrected chi connectivity index (χ1v) is 11.0. The second-order valence-corrected chi connectivity index (χ2v) is 7.67. The van der Waals surface area contributed by atoms with Gasteiger partial charge < -0.3 is 15.9 Å². The second kappa shape index (κ2) is 34.1. The molecule has 0 atom stereocenters. The predicted molar refractivity (Wildman–Crippen MR) is 112 cm³/mol. The normalized spacial score (nSPS) is 9.67. The number of rotatable bonds is 20. The average Bonchev–Trinajstić information content (AvgIpc) is 2.60. The van der Waals surface area contributed by atoms with Crippen molar-refractivity contribution in [1.29, 1.82) is 0 Å². The maximum atomic E-state index is 10.8. The van der Waals surface area contributed by atoms with Crippen LogP contribution in [-0.4, -0.2) is 22.2 Å². The topological polar surface area (TPSA) is 74.6 Å². The molecule has 0 amide bonds. The molecule has 0 fully saturated rings. The monoisotopic (exact) mass is 466 g/mol. The zero-order valence-corrected chi connectivity index (χ0v) is 29.0. The van der Waals surface area contributed by atoms with Crippen molar-refractivity contribution in [2.75, 3.05) is 0 Å². The summed E-state index contributed by atoms with van der Waals surface area (Å²) in [7, 11) is 0. The van der Waals surface area contributed by atoms with Crippen molar-refractivity contribution in [3.63, 3.8) is 0 Å². The molecule has 0 aromatic rings. The number of hydrogen-bond donors (Lipinski definition) is 2. The van der Waals surface area contributed by atoms with Crippen molar-refractivity contribution in [3.05, 3.63) is 0 Å². The number of carbonyl (C=O) groups is 2. The first-order chi connectivity index (χ1) is 12.6. The van der Waals surface area contributed by atoms with Gasteiger partial charge in [-0.2, -0.15) is 0 Å². The third-order valence-corrected chi connectivity index (χ3v) is 5.19. The van der Waals surface area contributed by atoms with Gasteiger partial charge in [-0.3, -0.25) is 9.59 Å². The van der Waals surface area contributed by atoms with Crippen LogP contribution in [0.25, 0.3) is 0 Å². The molecule has 0 heterocycles. The molecule has 162 valence electrons. The Morgan fingerprint density at radius 3 is 1.00 bits per heavy atom. The van der Waals surface area contributed by atoms with Crippen molar-refractivity contribution >= 4 is 11.9 Å². The van der Waals surface area contributed by atoms with Crippen LogP contribution in [0.2, 0.25) is 0 Å². The second-order valence-electron chi connectivity index (χ2n) is 7.67. The molecule has 0 aliphatic carbocycles. The minimum absolute atomic E-state index is 0. The van der Waals surface area contributed by atoms with Crippen LogP contribution in [0.4, 0.5) is 0 Å². The fourth-order valence-corrected chi connectivity index (χ4v) is 3.43. The third kappa shape index (κ3) is 30.9. The molecular formula is C22H46Na4O4. The summed E-state index contributed by atoms with van der Waals surface area (Å²) < 4.78 is 0. The summed E-state index contributed by atoms with van der Waals surface area (Å²) in [6, 6.07) is 0. The van der Waals surface area contributed by atoms with Crippen molar-refractivity contribution in [1.82, 2.24) is 0 Å². The molecule has 4 nitrogen and oxygen atoms in total. The van der Waals surface area contributed by atoms with Gasteiger partial charge in [0.05, 0.1) is 0 Å². The number of carboxylic acids is 2. The summed E-state index contributed by atoms with van der Waals surface area (Å²) >= 11 is 0. The zero-order valence-electron chi connectivity index (χ0n) is 25.0. The Morgan fingerprint density at radius 1 is 0.533 bits per heavy atom. The molecule has 0 bridgehead atoms. The Bertz CT molecular complexity index is 362. The van der Waals surface area contributed by atoms with E-state index < -0.39 is 17.9 Å². The van der Waals surface area contributed by atoms with Crippen molar-refractivity contribution in [2.45, 2.75) is 122 Å². The van der Waals surface area contributed by atoms with E-state index in [1.165, 1.54) is 89.9 Å². The van der Waals surface area contributed by atoms with Crippen LogP contribution in [-0.2, 0) is 9.59 Å². The van der Waals surface area contributed by atoms with E-state index in [0.29, 0.717) is 6.42 Å². The summed E-state index contributed by atoms with van der Waals surface area (Å²) in [4.78, 5) is 21.5. The van der Waals surface area contributed by atoms with Crippen LogP contribution >= 0.6 is 0 Å². The number of hydrogen-bond acceptors (Lipinski definition) is 2. The molecule has 0 unspecified atom stereocenters. The molecule has 0 spiro atoms. The number of aliphatic carboxylic acids is 2. The summed E-state index contributed by atoms with van der Waals surface area (Å²) in [5.74, 6) is -3.66. The van der Waals surface area contributed by atoms with Gasteiger partial charge in [0.2, 0.25) is 0 Å². The Hall–Kier alpha value is 2.94. The van der Waals surface area contributed by atoms with E-state index in [0.717, 1.165) is 12.8 Å². The molecular weight excluding hydrogens is 420 g/mol. The zero-order chi connectivity index (χ0) is 19.5.